The minimum atomic E-state index is -1.01. The molecule has 0 spiro atoms. The van der Waals surface area contributed by atoms with Gasteiger partial charge in [0.15, 0.2) is 0 Å². The minimum absolute atomic E-state index is 0. The van der Waals surface area contributed by atoms with Crippen molar-refractivity contribution < 1.29 is 119 Å². The fourth-order valence-electron chi connectivity index (χ4n) is 2.14. The summed E-state index contributed by atoms with van der Waals surface area (Å²) in [6.45, 7) is 65.9. The quantitative estimate of drug-likeness (QED) is 0.226. The van der Waals surface area contributed by atoms with Gasteiger partial charge in [0.25, 0.3) is 0 Å². The van der Waals surface area contributed by atoms with Gasteiger partial charge in [0.05, 0.1) is 0 Å². The van der Waals surface area contributed by atoms with Crippen molar-refractivity contribution in [1.82, 2.24) is 0 Å². The number of carboxylic acid groups (broad SMARTS) is 12. The second-order valence-corrected chi connectivity index (χ2v) is 37.1. The molecule has 116 heavy (non-hydrogen) atoms. The number of carbonyl (C=O) groups excluding carboxylic acids is 12. The molecule has 0 saturated carbocycles. The van der Waals surface area contributed by atoms with Gasteiger partial charge in [-0.2, -0.15) is 0 Å². The third-order valence-electron chi connectivity index (χ3n) is 11.1. The molecular weight excluding hydrogens is 2280 g/mol. The molecule has 4 rings (SSSR count). The Morgan fingerprint density at radius 1 is 0.147 bits per heavy atom. The van der Waals surface area contributed by atoms with E-state index in [2.05, 4.69) is 76.2 Å². The Hall–Kier alpha value is -5.95. The smallest absolute Gasteiger partial charge is 0.550 e. The maximum Gasteiger partial charge on any atom is 3.00 e. The molecule has 4 aromatic rings. The van der Waals surface area contributed by atoms with Gasteiger partial charge < -0.3 is 119 Å². The van der Waals surface area contributed by atoms with Crippen molar-refractivity contribution in [2.24, 2.45) is 65.0 Å². The van der Waals surface area contributed by atoms with Crippen molar-refractivity contribution in [2.75, 3.05) is 0 Å². The normalized spacial score (nSPS) is 10.3. The summed E-state index contributed by atoms with van der Waals surface area (Å²) in [6, 6.07) is 41.0. The van der Waals surface area contributed by atoms with Crippen molar-refractivity contribution in [2.45, 2.75) is 277 Å². The molecule has 8 radical (unpaired) electrons. The van der Waals surface area contributed by atoms with Crippen LogP contribution in [0.25, 0.3) is 0 Å². The molecule has 0 N–H and O–H groups in total. The van der Waals surface area contributed by atoms with Crippen LogP contribution in [-0.4, -0.2) is 176 Å². The Morgan fingerprint density at radius 2 is 0.190 bits per heavy atom. The first kappa shape index (κ1) is 148. The van der Waals surface area contributed by atoms with Crippen molar-refractivity contribution in [3.63, 3.8) is 0 Å². The van der Waals surface area contributed by atoms with Gasteiger partial charge in [-0.25, -0.2) is 0 Å². The molecule has 0 fully saturated rings. The van der Waals surface area contributed by atoms with E-state index in [4.69, 9.17) is 0 Å². The Morgan fingerprint density at radius 3 is 0.207 bits per heavy atom. The summed E-state index contributed by atoms with van der Waals surface area (Å²) >= 11 is 0. The summed E-state index contributed by atoms with van der Waals surface area (Å²) in [5, 5.41) is 119. The van der Waals surface area contributed by atoms with Gasteiger partial charge in [0, 0.05) is 137 Å². The first-order valence-corrected chi connectivity index (χ1v) is 35.5. The van der Waals surface area contributed by atoms with Crippen LogP contribution in [0.2, 0.25) is 0 Å². The average Bonchev–Trinajstić information content (AvgIpc) is 0.980. The number of hydrogen-bond acceptors (Lipinski definition) is 24. The first-order valence-electron chi connectivity index (χ1n) is 35.5. The number of carboxylic acids is 12. The maximum atomic E-state index is 9.91. The SMILES string of the molecule is CC(C)(C)C(=O)[O-].CC(C)(C)C(=O)[O-].CC(C)(C)C(=O)[O-].CC(C)(C)C(=O)[O-].CC(C)(C)C(=O)[O-].CC(C)(C)C(=O)[O-].CC(C)(C)C(=O)[O-].CC(C)(C)C(=O)[O-].CC(C)(C)C(=O)[O-].CC(C)(C)C(=O)[O-].CC(C)(C)C(=O)[O-].CC(C)(C)C(=O)[O-].Cc1ccccc1.Cc1ccccc1.Cc1ccccc1.Cc1ccccc1.[Bi+3].[Bi+3].[Bi+3].[Bi+3]. The third-order valence-corrected chi connectivity index (χ3v) is 11.1. The van der Waals surface area contributed by atoms with E-state index in [0.29, 0.717) is 0 Å². The van der Waals surface area contributed by atoms with Crippen LogP contribution in [0.1, 0.15) is 272 Å². The molecule has 0 heterocycles. The Kier molecular flexibility index (Phi) is 90.4. The topological polar surface area (TPSA) is 482 Å². The van der Waals surface area contributed by atoms with Gasteiger partial charge in [-0.1, -0.05) is 393 Å². The van der Waals surface area contributed by atoms with Crippen LogP contribution < -0.4 is 61.3 Å². The maximum absolute atomic E-state index is 9.91. The van der Waals surface area contributed by atoms with E-state index in [1.165, 1.54) is 22.3 Å². The van der Waals surface area contributed by atoms with Crippen molar-refractivity contribution in [3.05, 3.63) is 144 Å². The zero-order chi connectivity index (χ0) is 93.4. The van der Waals surface area contributed by atoms with Crippen molar-refractivity contribution in [3.8, 4) is 0 Å². The van der Waals surface area contributed by atoms with Gasteiger partial charge in [0.2, 0.25) is 0 Å². The van der Waals surface area contributed by atoms with Crippen LogP contribution in [0.3, 0.4) is 0 Å². The van der Waals surface area contributed by atoms with E-state index in [1.807, 2.05) is 72.8 Å². The minimum Gasteiger partial charge on any atom is -0.550 e. The number of rotatable bonds is 0. The Bertz CT molecular complexity index is 2570. The summed E-state index contributed by atoms with van der Waals surface area (Å²) in [6.07, 6.45) is 0. The van der Waals surface area contributed by atoms with Crippen LogP contribution in [0, 0.1) is 92.7 Å². The average molecular weight is 2420 g/mol. The number of aliphatic carboxylic acids is 12. The summed E-state index contributed by atoms with van der Waals surface area (Å²) in [5.41, 5.74) is -3.05. The van der Waals surface area contributed by atoms with Gasteiger partial charge in [-0.15, -0.1) is 0 Å². The van der Waals surface area contributed by atoms with Gasteiger partial charge >= 0.3 is 105 Å². The summed E-state index contributed by atoms with van der Waals surface area (Å²) < 4.78 is 0. The van der Waals surface area contributed by atoms with E-state index in [-0.39, 0.29) is 105 Å². The summed E-state index contributed by atoms with van der Waals surface area (Å²) in [5.74, 6) is -12.1. The van der Waals surface area contributed by atoms with Crippen molar-refractivity contribution >= 4 is 176 Å². The fourth-order valence-corrected chi connectivity index (χ4v) is 2.14. The Balaban J connectivity index is -0.0000000655. The molecule has 0 aromatic heterocycles. The van der Waals surface area contributed by atoms with Gasteiger partial charge in [0.1, 0.15) is 0 Å². The van der Waals surface area contributed by atoms with E-state index in [1.54, 1.807) is 249 Å². The molecule has 28 heteroatoms. The summed E-state index contributed by atoms with van der Waals surface area (Å²) in [4.78, 5) is 119. The molecule has 0 aliphatic rings. The third kappa shape index (κ3) is 129. The summed E-state index contributed by atoms with van der Waals surface area (Å²) in [7, 11) is 0. The molecule has 0 unspecified atom stereocenters. The molecular formula is C88H140Bi4O24. The fraction of sp³-hybridized carbons (Fsp3) is 0.591. The molecule has 4 aromatic carbocycles. The monoisotopic (exact) mass is 2420 g/mol. The number of hydrogen-bond donors (Lipinski definition) is 0. The number of benzene rings is 4. The molecule has 0 aliphatic carbocycles. The van der Waals surface area contributed by atoms with Crippen LogP contribution in [0.15, 0.2) is 121 Å². The molecule has 0 amide bonds. The zero-order valence-electron chi connectivity index (χ0n) is 77.1. The van der Waals surface area contributed by atoms with Crippen LogP contribution in [-0.2, 0) is 57.5 Å². The predicted octanol–water partition coefficient (Wildman–Crippen LogP) is 3.85. The first-order chi connectivity index (χ1) is 48.9. The van der Waals surface area contributed by atoms with E-state index in [9.17, 15) is 119 Å². The van der Waals surface area contributed by atoms with Gasteiger partial charge in [-0.05, 0) is 27.7 Å². The molecule has 656 valence electrons. The van der Waals surface area contributed by atoms with Crippen LogP contribution in [0.5, 0.6) is 0 Å². The van der Waals surface area contributed by atoms with Gasteiger partial charge in [-0.3, -0.25) is 0 Å². The number of carbonyl (C=O) groups is 12. The number of aryl methyl sites for hydroxylation is 4. The van der Waals surface area contributed by atoms with Crippen LogP contribution in [0.4, 0.5) is 0 Å². The molecule has 0 bridgehead atoms. The molecule has 24 nitrogen and oxygen atoms in total. The van der Waals surface area contributed by atoms with Crippen molar-refractivity contribution in [1.29, 1.82) is 0 Å². The predicted molar refractivity (Wildman–Crippen MR) is 441 cm³/mol. The second kappa shape index (κ2) is 70.9. The van der Waals surface area contributed by atoms with Crippen LogP contribution >= 0.6 is 0 Å². The van der Waals surface area contributed by atoms with E-state index < -0.39 is 137 Å². The molecule has 0 aliphatic heterocycles. The van der Waals surface area contributed by atoms with E-state index in [0.717, 1.165) is 0 Å². The standard InChI is InChI=1S/4C7H8.12C5H10O2.4Bi/c4*1-7-5-3-2-4-6-7;12*1-5(2,3)4(6)7;;;;/h4*2-6H,1H3;12*1-3H3,(H,6,7);;;;/q;;;;;;;;;;;;;;;;4*+3/p-12. The zero-order valence-corrected chi connectivity index (χ0v) is 91.0. The second-order valence-electron chi connectivity index (χ2n) is 37.1. The molecule has 0 atom stereocenters. The Labute approximate surface area is 774 Å². The van der Waals surface area contributed by atoms with E-state index >= 15 is 0 Å². The largest absolute Gasteiger partial charge is 3.00 e. The molecule has 0 saturated heterocycles.